The molecular formula is C16H18N2O3. The van der Waals surface area contributed by atoms with Crippen molar-refractivity contribution in [3.8, 4) is 17.6 Å². The first kappa shape index (κ1) is 13.7. The van der Waals surface area contributed by atoms with Crippen LogP contribution in [0.5, 0.6) is 11.5 Å². The van der Waals surface area contributed by atoms with Gasteiger partial charge in [-0.1, -0.05) is 6.92 Å². The first-order valence-electron chi connectivity index (χ1n) is 7.25. The van der Waals surface area contributed by atoms with Crippen molar-refractivity contribution in [1.29, 1.82) is 5.26 Å². The van der Waals surface area contributed by atoms with Crippen molar-refractivity contribution >= 4 is 5.91 Å². The number of hydrogen-bond donors (Lipinski definition) is 1. The predicted molar refractivity (Wildman–Crippen MR) is 76.0 cm³/mol. The molecule has 5 nitrogen and oxygen atoms in total. The van der Waals surface area contributed by atoms with Gasteiger partial charge < -0.3 is 14.8 Å². The van der Waals surface area contributed by atoms with Crippen LogP contribution in [0, 0.1) is 17.2 Å². The molecule has 1 N–H and O–H groups in total. The number of carbonyl (C=O) groups is 1. The quantitative estimate of drug-likeness (QED) is 0.907. The highest BCUT2D eigenvalue weighted by molar-refractivity contribution is 5.95. The maximum absolute atomic E-state index is 12.4. The van der Waals surface area contributed by atoms with Crippen LogP contribution in [0.15, 0.2) is 18.2 Å². The summed E-state index contributed by atoms with van der Waals surface area (Å²) in [6.45, 7) is 2.36. The van der Waals surface area contributed by atoms with E-state index in [2.05, 4.69) is 18.3 Å². The predicted octanol–water partition coefficient (Wildman–Crippen LogP) is 2.62. The number of benzene rings is 1. The number of amides is 1. The van der Waals surface area contributed by atoms with Crippen LogP contribution in [0.25, 0.3) is 0 Å². The third kappa shape index (κ3) is 2.66. The molecule has 21 heavy (non-hydrogen) atoms. The molecule has 2 aliphatic rings. The zero-order valence-electron chi connectivity index (χ0n) is 12.0. The van der Waals surface area contributed by atoms with Crippen LogP contribution in [0.1, 0.15) is 43.0 Å². The fourth-order valence-corrected chi connectivity index (χ4v) is 2.85. The van der Waals surface area contributed by atoms with E-state index >= 15 is 0 Å². The van der Waals surface area contributed by atoms with Crippen molar-refractivity contribution in [2.45, 2.75) is 38.1 Å². The van der Waals surface area contributed by atoms with Gasteiger partial charge in [-0.25, -0.2) is 0 Å². The minimum Gasteiger partial charge on any atom is -0.454 e. The molecule has 0 radical (unpaired) electrons. The van der Waals surface area contributed by atoms with E-state index in [1.54, 1.807) is 18.2 Å². The Morgan fingerprint density at radius 3 is 2.76 bits per heavy atom. The van der Waals surface area contributed by atoms with Crippen molar-refractivity contribution in [2.75, 3.05) is 6.79 Å². The number of nitriles is 1. The Labute approximate surface area is 123 Å². The topological polar surface area (TPSA) is 71.4 Å². The number of nitrogens with one attached hydrogen (secondary N) is 1. The third-order valence-corrected chi connectivity index (χ3v) is 4.33. The van der Waals surface area contributed by atoms with Crippen molar-refractivity contribution in [3.63, 3.8) is 0 Å². The SMILES string of the molecule is CC1CCC(C#N)(NC(=O)c2ccc3c(c2)OCO3)CC1. The number of nitrogens with zero attached hydrogens (tertiary/aromatic N) is 1. The van der Waals surface area contributed by atoms with Crippen molar-refractivity contribution in [2.24, 2.45) is 5.92 Å². The average molecular weight is 286 g/mol. The van der Waals surface area contributed by atoms with E-state index in [9.17, 15) is 10.1 Å². The van der Waals surface area contributed by atoms with Crippen LogP contribution < -0.4 is 14.8 Å². The van der Waals surface area contributed by atoms with Gasteiger partial charge >= 0.3 is 0 Å². The van der Waals surface area contributed by atoms with Crippen LogP contribution in [-0.2, 0) is 0 Å². The lowest BCUT2D eigenvalue weighted by molar-refractivity contribution is 0.0893. The van der Waals surface area contributed by atoms with Crippen molar-refractivity contribution in [3.05, 3.63) is 23.8 Å². The molecule has 0 saturated heterocycles. The van der Waals surface area contributed by atoms with E-state index in [4.69, 9.17) is 9.47 Å². The summed E-state index contributed by atoms with van der Waals surface area (Å²) in [6, 6.07) is 7.38. The van der Waals surface area contributed by atoms with E-state index in [-0.39, 0.29) is 12.7 Å². The number of fused-ring (bicyclic) bond motifs is 1. The molecule has 1 amide bonds. The highest BCUT2D eigenvalue weighted by Gasteiger charge is 2.36. The fraction of sp³-hybridized carbons (Fsp3) is 0.500. The van der Waals surface area contributed by atoms with E-state index in [0.29, 0.717) is 35.8 Å². The summed E-state index contributed by atoms with van der Waals surface area (Å²) in [5.74, 6) is 1.61. The Morgan fingerprint density at radius 2 is 2.05 bits per heavy atom. The van der Waals surface area contributed by atoms with E-state index in [1.807, 2.05) is 0 Å². The summed E-state index contributed by atoms with van der Waals surface area (Å²) in [7, 11) is 0. The smallest absolute Gasteiger partial charge is 0.252 e. The maximum Gasteiger partial charge on any atom is 0.252 e. The van der Waals surface area contributed by atoms with Gasteiger partial charge in [-0.05, 0) is 49.8 Å². The zero-order chi connectivity index (χ0) is 14.9. The second-order valence-electron chi connectivity index (χ2n) is 5.90. The number of hydrogen-bond acceptors (Lipinski definition) is 4. The first-order valence-corrected chi connectivity index (χ1v) is 7.25. The summed E-state index contributed by atoms with van der Waals surface area (Å²) in [4.78, 5) is 12.4. The highest BCUT2D eigenvalue weighted by atomic mass is 16.7. The molecule has 0 spiro atoms. The van der Waals surface area contributed by atoms with Crippen LogP contribution in [0.2, 0.25) is 0 Å². The molecule has 1 aromatic carbocycles. The van der Waals surface area contributed by atoms with Crippen LogP contribution >= 0.6 is 0 Å². The Kier molecular flexibility index (Phi) is 3.46. The van der Waals surface area contributed by atoms with Gasteiger partial charge in [0.1, 0.15) is 5.54 Å². The van der Waals surface area contributed by atoms with Gasteiger partial charge in [-0.3, -0.25) is 4.79 Å². The molecule has 1 aliphatic carbocycles. The molecule has 110 valence electrons. The van der Waals surface area contributed by atoms with Gasteiger partial charge in [0.15, 0.2) is 11.5 Å². The van der Waals surface area contributed by atoms with Gasteiger partial charge in [-0.15, -0.1) is 0 Å². The molecule has 0 bridgehead atoms. The second kappa shape index (κ2) is 5.28. The highest BCUT2D eigenvalue weighted by Crippen LogP contribution is 2.34. The lowest BCUT2D eigenvalue weighted by Crippen LogP contribution is -2.49. The van der Waals surface area contributed by atoms with Crippen LogP contribution in [-0.4, -0.2) is 18.2 Å². The largest absolute Gasteiger partial charge is 0.454 e. The van der Waals surface area contributed by atoms with E-state index in [0.717, 1.165) is 12.8 Å². The van der Waals surface area contributed by atoms with Crippen molar-refractivity contribution < 1.29 is 14.3 Å². The molecule has 0 aromatic heterocycles. The summed E-state index contributed by atoms with van der Waals surface area (Å²) < 4.78 is 10.5. The Morgan fingerprint density at radius 1 is 1.33 bits per heavy atom. The lowest BCUT2D eigenvalue weighted by atomic mass is 9.78. The Bertz CT molecular complexity index is 598. The number of ether oxygens (including phenoxy) is 2. The summed E-state index contributed by atoms with van der Waals surface area (Å²) in [6.07, 6.45) is 3.35. The second-order valence-corrected chi connectivity index (χ2v) is 5.90. The average Bonchev–Trinajstić information content (AvgIpc) is 2.97. The molecule has 1 aromatic rings. The minimum atomic E-state index is -0.736. The normalized spacial score (nSPS) is 27.0. The maximum atomic E-state index is 12.4. The zero-order valence-corrected chi connectivity index (χ0v) is 12.0. The lowest BCUT2D eigenvalue weighted by Gasteiger charge is -2.34. The molecule has 1 saturated carbocycles. The molecule has 3 rings (SSSR count). The molecular weight excluding hydrogens is 268 g/mol. The molecule has 5 heteroatoms. The van der Waals surface area contributed by atoms with Gasteiger partial charge in [0.05, 0.1) is 6.07 Å². The molecule has 0 unspecified atom stereocenters. The van der Waals surface area contributed by atoms with Crippen LogP contribution in [0.4, 0.5) is 0 Å². The minimum absolute atomic E-state index is 0.181. The Balaban J connectivity index is 1.75. The molecule has 0 atom stereocenters. The first-order chi connectivity index (χ1) is 10.1. The molecule has 1 heterocycles. The summed E-state index contributed by atoms with van der Waals surface area (Å²) >= 11 is 0. The summed E-state index contributed by atoms with van der Waals surface area (Å²) in [5.41, 5.74) is -0.243. The van der Waals surface area contributed by atoms with Gasteiger partial charge in [0.25, 0.3) is 5.91 Å². The molecule has 1 aliphatic heterocycles. The van der Waals surface area contributed by atoms with Crippen molar-refractivity contribution in [1.82, 2.24) is 5.32 Å². The third-order valence-electron chi connectivity index (χ3n) is 4.33. The van der Waals surface area contributed by atoms with Gasteiger partial charge in [0.2, 0.25) is 6.79 Å². The number of rotatable bonds is 2. The Hall–Kier alpha value is -2.22. The van der Waals surface area contributed by atoms with Crippen LogP contribution in [0.3, 0.4) is 0 Å². The monoisotopic (exact) mass is 286 g/mol. The molecule has 1 fully saturated rings. The van der Waals surface area contributed by atoms with Gasteiger partial charge in [-0.2, -0.15) is 5.26 Å². The van der Waals surface area contributed by atoms with E-state index in [1.165, 1.54) is 0 Å². The standard InChI is InChI=1S/C16H18N2O3/c1-11-4-6-16(9-17,7-5-11)18-15(19)12-2-3-13-14(8-12)21-10-20-13/h2-3,8,11H,4-7,10H2,1H3,(H,18,19). The van der Waals surface area contributed by atoms with Gasteiger partial charge in [0, 0.05) is 5.56 Å². The number of carbonyl (C=O) groups excluding carboxylic acids is 1. The fourth-order valence-electron chi connectivity index (χ4n) is 2.85. The van der Waals surface area contributed by atoms with E-state index < -0.39 is 5.54 Å². The summed E-state index contributed by atoms with van der Waals surface area (Å²) in [5, 5.41) is 12.4.